The SMILES string of the molecule is Cc1noc([C@H]2CCCN(C(=O)C[C@H]3NC(=O)NC3=O)C2)n1. The highest BCUT2D eigenvalue weighted by Crippen LogP contribution is 2.26. The number of aromatic nitrogens is 2. The van der Waals surface area contributed by atoms with Crippen LogP contribution in [0, 0.1) is 6.92 Å². The van der Waals surface area contributed by atoms with Gasteiger partial charge >= 0.3 is 6.03 Å². The lowest BCUT2D eigenvalue weighted by molar-refractivity contribution is -0.135. The van der Waals surface area contributed by atoms with E-state index >= 15 is 0 Å². The zero-order valence-electron chi connectivity index (χ0n) is 12.2. The summed E-state index contributed by atoms with van der Waals surface area (Å²) in [6, 6.07) is -1.34. The van der Waals surface area contributed by atoms with Gasteiger partial charge in [-0.3, -0.25) is 14.9 Å². The summed E-state index contributed by atoms with van der Waals surface area (Å²) in [7, 11) is 0. The van der Waals surface area contributed by atoms with E-state index in [1.54, 1.807) is 11.8 Å². The number of aryl methyl sites for hydroxylation is 1. The first-order valence-electron chi connectivity index (χ1n) is 7.22. The van der Waals surface area contributed by atoms with Crippen LogP contribution in [-0.4, -0.2) is 52.0 Å². The van der Waals surface area contributed by atoms with Crippen molar-refractivity contribution in [2.75, 3.05) is 13.1 Å². The molecule has 1 aromatic rings. The van der Waals surface area contributed by atoms with Crippen molar-refractivity contribution in [3.8, 4) is 0 Å². The minimum atomic E-state index is -0.786. The zero-order chi connectivity index (χ0) is 15.7. The van der Waals surface area contributed by atoms with Gasteiger partial charge in [-0.1, -0.05) is 5.16 Å². The summed E-state index contributed by atoms with van der Waals surface area (Å²) in [6.07, 6.45) is 1.68. The van der Waals surface area contributed by atoms with Gasteiger partial charge in [-0.05, 0) is 19.8 Å². The zero-order valence-corrected chi connectivity index (χ0v) is 12.2. The van der Waals surface area contributed by atoms with Gasteiger partial charge in [0, 0.05) is 13.1 Å². The monoisotopic (exact) mass is 307 g/mol. The number of amides is 4. The van der Waals surface area contributed by atoms with Gasteiger partial charge in [0.05, 0.1) is 12.3 Å². The number of rotatable bonds is 3. The number of nitrogens with zero attached hydrogens (tertiary/aromatic N) is 3. The first kappa shape index (κ1) is 14.5. The number of nitrogens with one attached hydrogen (secondary N) is 2. The first-order chi connectivity index (χ1) is 10.5. The summed E-state index contributed by atoms with van der Waals surface area (Å²) < 4.78 is 5.18. The third kappa shape index (κ3) is 2.92. The Morgan fingerprint density at radius 3 is 2.91 bits per heavy atom. The van der Waals surface area contributed by atoms with Crippen LogP contribution in [0.25, 0.3) is 0 Å². The molecule has 1 aromatic heterocycles. The molecule has 9 heteroatoms. The van der Waals surface area contributed by atoms with Crippen molar-refractivity contribution < 1.29 is 18.9 Å². The lowest BCUT2D eigenvalue weighted by Gasteiger charge is -2.31. The highest BCUT2D eigenvalue weighted by atomic mass is 16.5. The Bertz CT molecular complexity index is 613. The number of urea groups is 1. The van der Waals surface area contributed by atoms with E-state index in [4.69, 9.17) is 4.52 Å². The van der Waals surface area contributed by atoms with Crippen LogP contribution >= 0.6 is 0 Å². The second-order valence-electron chi connectivity index (χ2n) is 5.58. The van der Waals surface area contributed by atoms with Crippen LogP contribution in [0.15, 0.2) is 4.52 Å². The molecule has 2 N–H and O–H groups in total. The Balaban J connectivity index is 1.60. The van der Waals surface area contributed by atoms with E-state index in [-0.39, 0.29) is 18.2 Å². The fourth-order valence-electron chi connectivity index (χ4n) is 2.79. The maximum Gasteiger partial charge on any atom is 0.322 e. The molecule has 0 bridgehead atoms. The fraction of sp³-hybridized carbons (Fsp3) is 0.615. The molecule has 0 radical (unpaired) electrons. The second kappa shape index (κ2) is 5.74. The Labute approximate surface area is 126 Å². The van der Waals surface area contributed by atoms with Gasteiger partial charge < -0.3 is 14.7 Å². The molecule has 0 spiro atoms. The number of carbonyl (C=O) groups is 3. The topological polar surface area (TPSA) is 117 Å². The van der Waals surface area contributed by atoms with Crippen molar-refractivity contribution in [2.45, 2.75) is 38.1 Å². The molecule has 3 heterocycles. The van der Waals surface area contributed by atoms with E-state index in [0.29, 0.717) is 24.8 Å². The van der Waals surface area contributed by atoms with Crippen molar-refractivity contribution in [2.24, 2.45) is 0 Å². The van der Waals surface area contributed by atoms with Crippen LogP contribution in [0.5, 0.6) is 0 Å². The highest BCUT2D eigenvalue weighted by Gasteiger charge is 2.34. The standard InChI is InChI=1S/C13H17N5O4/c1-7-14-12(22-17-7)8-3-2-4-18(6-8)10(19)5-9-11(20)16-13(21)15-9/h8-9H,2-6H2,1H3,(H2,15,16,20,21)/t8-,9+/m0/s1. The van der Waals surface area contributed by atoms with E-state index in [1.807, 2.05) is 0 Å². The average molecular weight is 307 g/mol. The summed E-state index contributed by atoms with van der Waals surface area (Å²) in [5.74, 6) is 0.513. The third-order valence-corrected chi connectivity index (χ3v) is 3.90. The van der Waals surface area contributed by atoms with Crippen molar-refractivity contribution in [1.29, 1.82) is 0 Å². The van der Waals surface area contributed by atoms with Gasteiger partial charge in [-0.25, -0.2) is 4.79 Å². The molecular formula is C13H17N5O4. The van der Waals surface area contributed by atoms with Gasteiger partial charge in [0.2, 0.25) is 11.8 Å². The minimum absolute atomic E-state index is 0.0193. The number of hydrogen-bond acceptors (Lipinski definition) is 6. The van der Waals surface area contributed by atoms with Crippen LogP contribution in [0.4, 0.5) is 4.79 Å². The van der Waals surface area contributed by atoms with Crippen LogP contribution in [-0.2, 0) is 9.59 Å². The molecule has 2 fully saturated rings. The molecule has 2 aliphatic rings. The summed E-state index contributed by atoms with van der Waals surface area (Å²) in [4.78, 5) is 40.8. The second-order valence-corrected chi connectivity index (χ2v) is 5.58. The molecular weight excluding hydrogens is 290 g/mol. The van der Waals surface area contributed by atoms with Crippen molar-refractivity contribution in [3.05, 3.63) is 11.7 Å². The molecule has 2 saturated heterocycles. The van der Waals surface area contributed by atoms with E-state index < -0.39 is 18.0 Å². The van der Waals surface area contributed by atoms with E-state index in [2.05, 4.69) is 20.8 Å². The van der Waals surface area contributed by atoms with Crippen molar-refractivity contribution >= 4 is 17.8 Å². The van der Waals surface area contributed by atoms with E-state index in [9.17, 15) is 14.4 Å². The first-order valence-corrected chi connectivity index (χ1v) is 7.22. The highest BCUT2D eigenvalue weighted by molar-refractivity contribution is 6.05. The number of hydrogen-bond donors (Lipinski definition) is 2. The lowest BCUT2D eigenvalue weighted by atomic mass is 9.97. The van der Waals surface area contributed by atoms with E-state index in [1.165, 1.54) is 0 Å². The average Bonchev–Trinajstić information content (AvgIpc) is 3.05. The Kier molecular flexibility index (Phi) is 3.78. The molecule has 4 amide bonds. The molecule has 118 valence electrons. The fourth-order valence-corrected chi connectivity index (χ4v) is 2.79. The van der Waals surface area contributed by atoms with Gasteiger partial charge in [0.15, 0.2) is 5.82 Å². The maximum atomic E-state index is 12.3. The molecule has 3 rings (SSSR count). The summed E-state index contributed by atoms with van der Waals surface area (Å²) in [5.41, 5.74) is 0. The van der Waals surface area contributed by atoms with Crippen molar-refractivity contribution in [1.82, 2.24) is 25.7 Å². The summed E-state index contributed by atoms with van der Waals surface area (Å²) >= 11 is 0. The van der Waals surface area contributed by atoms with Gasteiger partial charge in [-0.2, -0.15) is 4.98 Å². The predicted molar refractivity (Wildman–Crippen MR) is 72.7 cm³/mol. The van der Waals surface area contributed by atoms with E-state index in [0.717, 1.165) is 12.8 Å². The van der Waals surface area contributed by atoms with Gasteiger partial charge in [0.25, 0.3) is 5.91 Å². The molecule has 0 aliphatic carbocycles. The third-order valence-electron chi connectivity index (χ3n) is 3.90. The van der Waals surface area contributed by atoms with Crippen LogP contribution in [0.3, 0.4) is 0 Å². The number of likely N-dealkylation sites (tertiary alicyclic amines) is 1. The Hall–Kier alpha value is -2.45. The number of carbonyl (C=O) groups excluding carboxylic acids is 3. The Morgan fingerprint density at radius 1 is 1.45 bits per heavy atom. The number of imide groups is 1. The quantitative estimate of drug-likeness (QED) is 0.739. The minimum Gasteiger partial charge on any atom is -0.342 e. The molecule has 2 aliphatic heterocycles. The van der Waals surface area contributed by atoms with Crippen LogP contribution in [0.1, 0.15) is 36.9 Å². The van der Waals surface area contributed by atoms with Crippen LogP contribution in [0.2, 0.25) is 0 Å². The predicted octanol–water partition coefficient (Wildman–Crippen LogP) is -0.318. The maximum absolute atomic E-state index is 12.3. The molecule has 0 unspecified atom stereocenters. The molecule has 0 aromatic carbocycles. The Morgan fingerprint density at radius 2 is 2.27 bits per heavy atom. The smallest absolute Gasteiger partial charge is 0.322 e. The summed E-state index contributed by atoms with van der Waals surface area (Å²) in [5, 5.41) is 8.32. The molecule has 0 saturated carbocycles. The number of piperidine rings is 1. The molecule has 9 nitrogen and oxygen atoms in total. The lowest BCUT2D eigenvalue weighted by Crippen LogP contribution is -2.43. The van der Waals surface area contributed by atoms with Crippen LogP contribution < -0.4 is 10.6 Å². The molecule has 22 heavy (non-hydrogen) atoms. The summed E-state index contributed by atoms with van der Waals surface area (Å²) in [6.45, 7) is 2.87. The molecule has 2 atom stereocenters. The van der Waals surface area contributed by atoms with Gasteiger partial charge in [0.1, 0.15) is 6.04 Å². The van der Waals surface area contributed by atoms with Gasteiger partial charge in [-0.15, -0.1) is 0 Å². The normalized spacial score (nSPS) is 25.0. The largest absolute Gasteiger partial charge is 0.342 e. The van der Waals surface area contributed by atoms with Crippen molar-refractivity contribution in [3.63, 3.8) is 0 Å².